The molecule has 4 nitrogen and oxygen atoms in total. The normalized spacial score (nSPS) is 20.8. The summed E-state index contributed by atoms with van der Waals surface area (Å²) in [6.45, 7) is 0.961. The van der Waals surface area contributed by atoms with Crippen LogP contribution in [0.25, 0.3) is 0 Å². The van der Waals surface area contributed by atoms with Gasteiger partial charge in [0, 0.05) is 18.0 Å². The van der Waals surface area contributed by atoms with E-state index in [0.717, 1.165) is 9.21 Å². The number of hydrogen-bond donors (Lipinski definition) is 2. The largest absolute Gasteiger partial charge is 0.395 e. The quantitative estimate of drug-likeness (QED) is 0.849. The number of urea groups is 1. The van der Waals surface area contributed by atoms with Crippen molar-refractivity contribution >= 4 is 29.0 Å². The minimum atomic E-state index is -0.126. The van der Waals surface area contributed by atoms with Crippen molar-refractivity contribution in [3.8, 4) is 0 Å². The summed E-state index contributed by atoms with van der Waals surface area (Å²) in [6.07, 6.45) is 0. The Hall–Kier alpha value is -0.780. The van der Waals surface area contributed by atoms with Crippen LogP contribution in [0.3, 0.4) is 0 Å². The second-order valence-corrected chi connectivity index (χ2v) is 5.06. The molecule has 2 amide bonds. The van der Waals surface area contributed by atoms with Crippen molar-refractivity contribution in [1.82, 2.24) is 10.2 Å². The van der Waals surface area contributed by atoms with E-state index in [-0.39, 0.29) is 18.7 Å². The zero-order valence-electron chi connectivity index (χ0n) is 7.94. The molecule has 82 valence electrons. The number of hydrogen-bond acceptors (Lipinski definition) is 3. The molecule has 1 atom stereocenters. The van der Waals surface area contributed by atoms with Crippen molar-refractivity contribution in [2.45, 2.75) is 6.04 Å². The third-order valence-corrected chi connectivity index (χ3v) is 3.64. The van der Waals surface area contributed by atoms with E-state index >= 15 is 0 Å². The smallest absolute Gasteiger partial charge is 0.318 e. The molecule has 0 spiro atoms. The van der Waals surface area contributed by atoms with Crippen molar-refractivity contribution in [2.24, 2.45) is 0 Å². The fourth-order valence-corrected chi connectivity index (χ4v) is 2.68. The lowest BCUT2D eigenvalue weighted by Gasteiger charge is -2.11. The molecule has 1 saturated heterocycles. The van der Waals surface area contributed by atoms with Gasteiger partial charge in [0.2, 0.25) is 0 Å². The first kappa shape index (κ1) is 10.7. The summed E-state index contributed by atoms with van der Waals surface area (Å²) in [4.78, 5) is 14.1. The predicted octanol–water partition coefficient (Wildman–Crippen LogP) is 1.46. The number of aliphatic hydroxyl groups is 1. The molecule has 15 heavy (non-hydrogen) atoms. The van der Waals surface area contributed by atoms with E-state index in [9.17, 15) is 4.79 Å². The Labute approximate surface area is 96.5 Å². The molecular weight excluding hydrogens is 236 g/mol. The van der Waals surface area contributed by atoms with Crippen LogP contribution in [0.2, 0.25) is 4.34 Å². The first-order valence-electron chi connectivity index (χ1n) is 4.62. The molecule has 0 aliphatic carbocycles. The topological polar surface area (TPSA) is 52.6 Å². The van der Waals surface area contributed by atoms with Crippen molar-refractivity contribution in [2.75, 3.05) is 19.7 Å². The number of β-amino-alcohol motifs (C(OH)–C–C–N with tert-alkyl or cyclic N) is 1. The van der Waals surface area contributed by atoms with Crippen LogP contribution < -0.4 is 5.32 Å². The van der Waals surface area contributed by atoms with Gasteiger partial charge in [0.05, 0.1) is 17.0 Å². The Balaban J connectivity index is 2.05. The summed E-state index contributed by atoms with van der Waals surface area (Å²) < 4.78 is 0.722. The highest BCUT2D eigenvalue weighted by Crippen LogP contribution is 2.29. The van der Waals surface area contributed by atoms with E-state index in [1.165, 1.54) is 11.3 Å². The number of carbonyl (C=O) groups excluding carboxylic acids is 1. The summed E-state index contributed by atoms with van der Waals surface area (Å²) in [5.74, 6) is 0. The molecule has 0 radical (unpaired) electrons. The third kappa shape index (κ3) is 2.25. The third-order valence-electron chi connectivity index (χ3n) is 2.30. The number of aliphatic hydroxyl groups excluding tert-OH is 1. The Kier molecular flexibility index (Phi) is 3.14. The Morgan fingerprint density at radius 3 is 3.07 bits per heavy atom. The molecule has 0 bridgehead atoms. The lowest BCUT2D eigenvalue weighted by molar-refractivity contribution is 0.196. The summed E-state index contributed by atoms with van der Waals surface area (Å²) in [6, 6.07) is 3.61. The first-order valence-corrected chi connectivity index (χ1v) is 5.81. The fourth-order valence-electron chi connectivity index (χ4n) is 1.58. The van der Waals surface area contributed by atoms with Gasteiger partial charge in [-0.05, 0) is 12.1 Å². The van der Waals surface area contributed by atoms with Crippen LogP contribution in [0.5, 0.6) is 0 Å². The fraction of sp³-hybridized carbons (Fsp3) is 0.444. The number of amides is 2. The summed E-state index contributed by atoms with van der Waals surface area (Å²) in [5, 5.41) is 11.6. The van der Waals surface area contributed by atoms with E-state index in [0.29, 0.717) is 13.1 Å². The van der Waals surface area contributed by atoms with E-state index in [4.69, 9.17) is 16.7 Å². The molecule has 1 aromatic rings. The molecule has 2 N–H and O–H groups in total. The number of nitrogens with zero attached hydrogens (tertiary/aromatic N) is 1. The van der Waals surface area contributed by atoms with Gasteiger partial charge in [0.25, 0.3) is 0 Å². The van der Waals surface area contributed by atoms with E-state index in [1.807, 2.05) is 12.1 Å². The van der Waals surface area contributed by atoms with Crippen molar-refractivity contribution in [3.63, 3.8) is 0 Å². The van der Waals surface area contributed by atoms with Crippen molar-refractivity contribution in [3.05, 3.63) is 21.3 Å². The average Bonchev–Trinajstić information content (AvgIpc) is 2.75. The first-order chi connectivity index (χ1) is 7.20. The molecular formula is C9H11ClN2O2S. The van der Waals surface area contributed by atoms with Crippen molar-refractivity contribution < 1.29 is 9.90 Å². The van der Waals surface area contributed by atoms with Gasteiger partial charge in [-0.25, -0.2) is 4.79 Å². The number of halogens is 1. The van der Waals surface area contributed by atoms with Crippen LogP contribution in [0, 0.1) is 0 Å². The average molecular weight is 247 g/mol. The molecule has 2 rings (SSSR count). The van der Waals surface area contributed by atoms with Gasteiger partial charge < -0.3 is 15.3 Å². The molecule has 1 aromatic heterocycles. The second kappa shape index (κ2) is 4.38. The molecule has 6 heteroatoms. The summed E-state index contributed by atoms with van der Waals surface area (Å²) in [5.41, 5.74) is 0. The minimum Gasteiger partial charge on any atom is -0.395 e. The molecule has 1 fully saturated rings. The van der Waals surface area contributed by atoms with Gasteiger partial charge in [0.15, 0.2) is 0 Å². The molecule has 2 heterocycles. The Bertz CT molecular complexity index is 369. The zero-order valence-corrected chi connectivity index (χ0v) is 9.51. The van der Waals surface area contributed by atoms with Crippen molar-refractivity contribution in [1.29, 1.82) is 0 Å². The zero-order chi connectivity index (χ0) is 10.8. The molecule has 0 saturated carbocycles. The van der Waals surface area contributed by atoms with E-state index < -0.39 is 0 Å². The highest BCUT2D eigenvalue weighted by Gasteiger charge is 2.29. The van der Waals surface area contributed by atoms with Crippen LogP contribution in [-0.2, 0) is 0 Å². The van der Waals surface area contributed by atoms with Gasteiger partial charge in [-0.3, -0.25) is 0 Å². The van der Waals surface area contributed by atoms with Crippen LogP contribution >= 0.6 is 22.9 Å². The molecule has 0 aromatic carbocycles. The summed E-state index contributed by atoms with van der Waals surface area (Å²) >= 11 is 7.29. The SMILES string of the molecule is O=C1NC(c2ccc(Cl)s2)CN1CCO. The van der Waals surface area contributed by atoms with Crippen LogP contribution in [0.4, 0.5) is 4.79 Å². The molecule has 1 aliphatic rings. The highest BCUT2D eigenvalue weighted by atomic mass is 35.5. The van der Waals surface area contributed by atoms with Crippen LogP contribution in [0.15, 0.2) is 12.1 Å². The van der Waals surface area contributed by atoms with Gasteiger partial charge in [-0.1, -0.05) is 11.6 Å². The second-order valence-electron chi connectivity index (χ2n) is 3.31. The lowest BCUT2D eigenvalue weighted by atomic mass is 10.2. The molecule has 1 aliphatic heterocycles. The Morgan fingerprint density at radius 2 is 2.47 bits per heavy atom. The lowest BCUT2D eigenvalue weighted by Crippen LogP contribution is -2.30. The van der Waals surface area contributed by atoms with Gasteiger partial charge in [-0.2, -0.15) is 0 Å². The van der Waals surface area contributed by atoms with E-state index in [2.05, 4.69) is 5.32 Å². The van der Waals surface area contributed by atoms with Crippen LogP contribution in [-0.4, -0.2) is 35.7 Å². The molecule has 1 unspecified atom stereocenters. The minimum absolute atomic E-state index is 0.00144. The monoisotopic (exact) mass is 246 g/mol. The maximum atomic E-state index is 11.4. The van der Waals surface area contributed by atoms with Gasteiger partial charge in [-0.15, -0.1) is 11.3 Å². The maximum Gasteiger partial charge on any atom is 0.318 e. The highest BCUT2D eigenvalue weighted by molar-refractivity contribution is 7.16. The van der Waals surface area contributed by atoms with Gasteiger partial charge >= 0.3 is 6.03 Å². The predicted molar refractivity (Wildman–Crippen MR) is 59.3 cm³/mol. The summed E-state index contributed by atoms with van der Waals surface area (Å²) in [7, 11) is 0. The number of carbonyl (C=O) groups is 1. The number of rotatable bonds is 3. The van der Waals surface area contributed by atoms with Gasteiger partial charge in [0.1, 0.15) is 0 Å². The maximum absolute atomic E-state index is 11.4. The Morgan fingerprint density at radius 1 is 1.67 bits per heavy atom. The number of nitrogens with one attached hydrogen (secondary N) is 1. The van der Waals surface area contributed by atoms with E-state index in [1.54, 1.807) is 4.90 Å². The standard InChI is InChI=1S/C9H11ClN2O2S/c10-8-2-1-7(15-8)6-5-12(3-4-13)9(14)11-6/h1-2,6,13H,3-5H2,(H,11,14). The number of thiophene rings is 1. The van der Waals surface area contributed by atoms with Crippen LogP contribution in [0.1, 0.15) is 10.9 Å².